The average Bonchev–Trinajstić information content (AvgIpc) is 3.39. The summed E-state index contributed by atoms with van der Waals surface area (Å²) in [4.78, 5) is 25.9. The Morgan fingerprint density at radius 1 is 0.960 bits per heavy atom. The van der Waals surface area contributed by atoms with Crippen LogP contribution in [0, 0.1) is 24.0 Å². The van der Waals surface area contributed by atoms with E-state index in [0.717, 1.165) is 87.9 Å². The number of sulfonamides is 1. The molecule has 1 amide bonds. The van der Waals surface area contributed by atoms with Gasteiger partial charge in [-0.15, -0.1) is 0 Å². The fraction of sp³-hybridized carbons (Fsp3) is 0.458. The van der Waals surface area contributed by atoms with Gasteiger partial charge in [0.2, 0.25) is 0 Å². The van der Waals surface area contributed by atoms with Gasteiger partial charge in [0, 0.05) is 88.4 Å². The number of quaternary nitrogens is 1. The van der Waals surface area contributed by atoms with Gasteiger partial charge >= 0.3 is 0 Å². The largest absolute Gasteiger partial charge is 0.629 e. The highest BCUT2D eigenvalue weighted by Crippen LogP contribution is 2.40. The number of hydrogen-bond acceptors (Lipinski definition) is 12. The van der Waals surface area contributed by atoms with Crippen molar-refractivity contribution in [1.82, 2.24) is 19.5 Å². The molecule has 14 nitrogen and oxygen atoms in total. The van der Waals surface area contributed by atoms with Crippen LogP contribution in [-0.4, -0.2) is 102 Å². The van der Waals surface area contributed by atoms with Crippen molar-refractivity contribution in [3.8, 4) is 11.5 Å². The molecule has 16 heteroatoms. The number of carbonyl (C=O) groups excluding carboxylic acids is 1. The molecule has 3 aromatic carbocycles. The van der Waals surface area contributed by atoms with Crippen molar-refractivity contribution < 1.29 is 36.9 Å². The van der Waals surface area contributed by atoms with Crippen LogP contribution >= 0.6 is 0 Å². The zero-order chi connectivity index (χ0) is 53.7. The Bertz CT molecular complexity index is 2920. The molecule has 0 radical (unpaired) electrons. The second-order valence-electron chi connectivity index (χ2n) is 21.3. The van der Waals surface area contributed by atoms with Crippen molar-refractivity contribution in [2.45, 2.75) is 109 Å². The number of amides is 1. The van der Waals surface area contributed by atoms with E-state index in [1.54, 1.807) is 26.2 Å². The zero-order valence-electron chi connectivity index (χ0n) is 45.0. The molecule has 3 fully saturated rings. The quantitative estimate of drug-likeness (QED) is 0.0814. The van der Waals surface area contributed by atoms with E-state index in [4.69, 9.17) is 14.2 Å². The first-order valence-corrected chi connectivity index (χ1v) is 27.9. The molecule has 2 aliphatic carbocycles. The lowest BCUT2D eigenvalue weighted by Crippen LogP contribution is -2.98. The summed E-state index contributed by atoms with van der Waals surface area (Å²) in [5.41, 5.74) is 6.98. The number of benzene rings is 3. The number of rotatable bonds is 18. The maximum absolute atomic E-state index is 14.9. The third-order valence-corrected chi connectivity index (χ3v) is 17.1. The summed E-state index contributed by atoms with van der Waals surface area (Å²) in [6, 6.07) is 22.1. The van der Waals surface area contributed by atoms with Gasteiger partial charge in [0.25, 0.3) is 15.9 Å². The number of allylic oxidation sites excluding steroid dienone is 3. The summed E-state index contributed by atoms with van der Waals surface area (Å²) in [6.07, 6.45) is 7.93. The molecule has 0 spiro atoms. The summed E-state index contributed by atoms with van der Waals surface area (Å²) < 4.78 is 63.3. The molecule has 2 saturated heterocycles. The number of pyridine rings is 1. The minimum Gasteiger partial charge on any atom is -0.629 e. The lowest BCUT2D eigenvalue weighted by Gasteiger charge is -2.48. The smallest absolute Gasteiger partial charge is 0.268 e. The van der Waals surface area contributed by atoms with Gasteiger partial charge in [-0.05, 0) is 115 Å². The second-order valence-corrected chi connectivity index (χ2v) is 23.0. The number of hydrogen-bond donors (Lipinski definition) is 3. The van der Waals surface area contributed by atoms with E-state index in [2.05, 4.69) is 113 Å². The summed E-state index contributed by atoms with van der Waals surface area (Å²) >= 11 is 0. The van der Waals surface area contributed by atoms with Gasteiger partial charge in [-0.2, -0.15) is 0 Å². The van der Waals surface area contributed by atoms with Gasteiger partial charge in [0.1, 0.15) is 34.1 Å². The van der Waals surface area contributed by atoms with Gasteiger partial charge in [0.05, 0.1) is 25.9 Å². The standard InChI is InChI=1S/C59H76FN7O7S/c1-37(2)48-13-11-12-14-49(48)53-36-65(35-44-20-17-39(4)54(29-44)72-9)27-28-67(53)45-23-25-66(26-24-45)46-21-22-50(55(30-46)74-56-32-51(42(7)60)40(5)41(6)57(56)73-10)59(68)63-75(70,71)47-31-52(64(8)69)58(62-34-47)61-33-43-18-15-38(3)16-19-43/h11-14,17,20-22,29-32,34,37-38,43,45,53,57,64H,6-7,15-16,18-19,23-28,33,35-36H2,1-5,8-10H3,(H,61,62)(H,63,68). The summed E-state index contributed by atoms with van der Waals surface area (Å²) in [7, 11) is -0.0194. The van der Waals surface area contributed by atoms with Crippen molar-refractivity contribution in [3.63, 3.8) is 0 Å². The number of nitrogens with one attached hydrogen (secondary N) is 3. The van der Waals surface area contributed by atoms with Crippen molar-refractivity contribution in [3.05, 3.63) is 153 Å². The minimum absolute atomic E-state index is 0.0266. The maximum Gasteiger partial charge on any atom is 0.268 e. The molecule has 4 aromatic rings. The highest BCUT2D eigenvalue weighted by atomic mass is 32.2. The lowest BCUT2D eigenvalue weighted by molar-refractivity contribution is -0.751. The van der Waals surface area contributed by atoms with E-state index in [1.165, 1.54) is 49.1 Å². The van der Waals surface area contributed by atoms with Crippen LogP contribution < -0.4 is 29.5 Å². The number of ether oxygens (including phenoxy) is 3. The normalized spacial score (nSPS) is 21.7. The Labute approximate surface area is 443 Å². The highest BCUT2D eigenvalue weighted by Gasteiger charge is 2.37. The Kier molecular flexibility index (Phi) is 17.7. The first-order chi connectivity index (χ1) is 35.8. The minimum atomic E-state index is -4.57. The van der Waals surface area contributed by atoms with E-state index in [0.29, 0.717) is 60.4 Å². The van der Waals surface area contributed by atoms with Crippen LogP contribution in [0.5, 0.6) is 11.5 Å². The maximum atomic E-state index is 14.9. The van der Waals surface area contributed by atoms with Crippen LogP contribution in [0.25, 0.3) is 0 Å². The monoisotopic (exact) mass is 1050 g/mol. The Morgan fingerprint density at radius 2 is 1.69 bits per heavy atom. The van der Waals surface area contributed by atoms with Gasteiger partial charge < -0.3 is 34.7 Å². The van der Waals surface area contributed by atoms with E-state index < -0.39 is 27.9 Å². The van der Waals surface area contributed by atoms with Crippen molar-refractivity contribution in [2.75, 3.05) is 70.8 Å². The first kappa shape index (κ1) is 55.4. The third-order valence-electron chi connectivity index (χ3n) is 15.8. The molecule has 3 unspecified atom stereocenters. The molecule has 75 heavy (non-hydrogen) atoms. The molecule has 8 rings (SSSR count). The summed E-state index contributed by atoms with van der Waals surface area (Å²) in [5.74, 6) is 1.15. The molecular weight excluding hydrogens is 970 g/mol. The number of piperidine rings is 1. The van der Waals surface area contributed by atoms with E-state index in [9.17, 15) is 22.8 Å². The number of carbonyl (C=O) groups is 1. The van der Waals surface area contributed by atoms with Gasteiger partial charge in [-0.1, -0.05) is 83.2 Å². The van der Waals surface area contributed by atoms with Crippen LogP contribution in [0.3, 0.4) is 0 Å². The molecule has 1 saturated carbocycles. The van der Waals surface area contributed by atoms with Crippen molar-refractivity contribution >= 4 is 33.1 Å². The number of methoxy groups -OCH3 is 2. The van der Waals surface area contributed by atoms with Crippen LogP contribution in [0.15, 0.2) is 125 Å². The number of nitrogens with zero attached hydrogens (tertiary/aromatic N) is 4. The Balaban J connectivity index is 1.04. The van der Waals surface area contributed by atoms with Crippen LogP contribution in [0.1, 0.15) is 111 Å². The Morgan fingerprint density at radius 3 is 2.37 bits per heavy atom. The van der Waals surface area contributed by atoms with Gasteiger partial charge in [-0.25, -0.2) is 22.5 Å². The molecule has 0 bridgehead atoms. The van der Waals surface area contributed by atoms with Gasteiger partial charge in [0.15, 0.2) is 11.5 Å². The molecule has 402 valence electrons. The SMILES string of the molecule is C=C(F)C1=C(C)C(=C)C(OC)C(Oc2cc(N3CCC(N4CCN(Cc5ccc(C)c(OC)c5)CC4c4ccccc4C(C)C)CC3)ccc2C(=O)NS(=O)(=O)c2cnc(NCC3CCC(C)CC3)c([NH+](C)[O-])c2)=C1. The van der Waals surface area contributed by atoms with Crippen molar-refractivity contribution in [1.29, 1.82) is 0 Å². The average molecular weight is 1050 g/mol. The summed E-state index contributed by atoms with van der Waals surface area (Å²) in [5, 5.41) is 15.8. The fourth-order valence-corrected chi connectivity index (χ4v) is 12.3. The predicted molar refractivity (Wildman–Crippen MR) is 295 cm³/mol. The number of aromatic nitrogens is 1. The molecule has 3 N–H and O–H groups in total. The van der Waals surface area contributed by atoms with E-state index in [-0.39, 0.29) is 44.3 Å². The van der Waals surface area contributed by atoms with Gasteiger partial charge in [-0.3, -0.25) is 14.6 Å². The number of halogens is 1. The van der Waals surface area contributed by atoms with Crippen LogP contribution in [0.2, 0.25) is 0 Å². The van der Waals surface area contributed by atoms with E-state index in [1.807, 2.05) is 0 Å². The van der Waals surface area contributed by atoms with Crippen molar-refractivity contribution in [2.24, 2.45) is 11.8 Å². The molecular formula is C59H76FN7O7S. The third kappa shape index (κ3) is 12.7. The summed E-state index contributed by atoms with van der Waals surface area (Å²) in [6.45, 7) is 23.8. The Hall–Kier alpha value is -5.88. The number of piperazine rings is 1. The molecule has 3 heterocycles. The topological polar surface area (TPSA) is 153 Å². The molecule has 3 atom stereocenters. The number of aryl methyl sites for hydroxylation is 1. The number of anilines is 2. The fourth-order valence-electron chi connectivity index (χ4n) is 11.3. The molecule has 4 aliphatic rings. The predicted octanol–water partition coefficient (Wildman–Crippen LogP) is 9.70. The van der Waals surface area contributed by atoms with Crippen LogP contribution in [-0.2, 0) is 21.3 Å². The second kappa shape index (κ2) is 24.0. The number of hydroxylamine groups is 1. The lowest BCUT2D eigenvalue weighted by atomic mass is 9.83. The molecule has 1 aromatic heterocycles. The zero-order valence-corrected chi connectivity index (χ0v) is 45.8. The first-order valence-electron chi connectivity index (χ1n) is 26.4. The highest BCUT2D eigenvalue weighted by molar-refractivity contribution is 7.90. The van der Waals surface area contributed by atoms with E-state index >= 15 is 0 Å². The van der Waals surface area contributed by atoms with Crippen LogP contribution in [0.4, 0.5) is 21.6 Å². The molecule has 2 aliphatic heterocycles.